The van der Waals surface area contributed by atoms with Gasteiger partial charge in [-0.2, -0.15) is 5.10 Å². The summed E-state index contributed by atoms with van der Waals surface area (Å²) < 4.78 is 1.93. The molecule has 0 aliphatic carbocycles. The van der Waals surface area contributed by atoms with Gasteiger partial charge in [0.1, 0.15) is 5.56 Å². The molecule has 2 N–H and O–H groups in total. The number of pyridine rings is 1. The van der Waals surface area contributed by atoms with Crippen LogP contribution in [0, 0.1) is 19.8 Å². The molecular formula is C15H20N4O2. The van der Waals surface area contributed by atoms with Gasteiger partial charge in [0.25, 0.3) is 11.5 Å². The van der Waals surface area contributed by atoms with E-state index in [0.717, 1.165) is 17.9 Å². The fraction of sp³-hybridized carbons (Fsp3) is 0.400. The van der Waals surface area contributed by atoms with Crippen LogP contribution in [0.5, 0.6) is 0 Å². The maximum Gasteiger partial charge on any atom is 0.260 e. The maximum absolute atomic E-state index is 11.9. The van der Waals surface area contributed by atoms with Crippen molar-refractivity contribution in [2.24, 2.45) is 5.92 Å². The molecule has 1 atom stereocenters. The third kappa shape index (κ3) is 3.81. The van der Waals surface area contributed by atoms with Gasteiger partial charge >= 0.3 is 0 Å². The van der Waals surface area contributed by atoms with Crippen LogP contribution in [0.2, 0.25) is 0 Å². The van der Waals surface area contributed by atoms with Crippen LogP contribution >= 0.6 is 0 Å². The molecule has 112 valence electrons. The van der Waals surface area contributed by atoms with Gasteiger partial charge in [0.05, 0.1) is 5.69 Å². The summed E-state index contributed by atoms with van der Waals surface area (Å²) in [6, 6.07) is 5.17. The van der Waals surface area contributed by atoms with Crippen molar-refractivity contribution in [3.63, 3.8) is 0 Å². The van der Waals surface area contributed by atoms with Crippen molar-refractivity contribution in [3.05, 3.63) is 51.7 Å². The summed E-state index contributed by atoms with van der Waals surface area (Å²) >= 11 is 0. The predicted octanol–water partition coefficient (Wildman–Crippen LogP) is 1.25. The smallest absolute Gasteiger partial charge is 0.260 e. The van der Waals surface area contributed by atoms with Crippen molar-refractivity contribution in [1.82, 2.24) is 20.1 Å². The number of carbonyl (C=O) groups is 1. The minimum atomic E-state index is -0.374. The van der Waals surface area contributed by atoms with E-state index in [9.17, 15) is 9.59 Å². The Kier molecular flexibility index (Phi) is 4.57. The van der Waals surface area contributed by atoms with E-state index >= 15 is 0 Å². The zero-order valence-corrected chi connectivity index (χ0v) is 12.5. The van der Waals surface area contributed by atoms with Crippen LogP contribution in [0.3, 0.4) is 0 Å². The van der Waals surface area contributed by atoms with Gasteiger partial charge in [-0.25, -0.2) is 0 Å². The Balaban J connectivity index is 1.91. The first-order valence-corrected chi connectivity index (χ1v) is 6.94. The number of amides is 1. The molecule has 6 nitrogen and oxygen atoms in total. The molecule has 0 saturated heterocycles. The van der Waals surface area contributed by atoms with Crippen LogP contribution in [-0.2, 0) is 6.54 Å². The Labute approximate surface area is 123 Å². The molecule has 0 fully saturated rings. The Morgan fingerprint density at radius 3 is 2.86 bits per heavy atom. The fourth-order valence-electron chi connectivity index (χ4n) is 2.18. The summed E-state index contributed by atoms with van der Waals surface area (Å²) in [6.07, 6.45) is 1.50. The average Bonchev–Trinajstić information content (AvgIpc) is 2.74. The Bertz CT molecular complexity index is 687. The largest absolute Gasteiger partial charge is 0.352 e. The molecule has 0 bridgehead atoms. The second kappa shape index (κ2) is 6.39. The number of aryl methyl sites for hydroxylation is 2. The van der Waals surface area contributed by atoms with Crippen molar-refractivity contribution in [2.75, 3.05) is 6.54 Å². The predicted molar refractivity (Wildman–Crippen MR) is 80.3 cm³/mol. The monoisotopic (exact) mass is 288 g/mol. The number of hydrogen-bond acceptors (Lipinski definition) is 3. The number of rotatable bonds is 5. The SMILES string of the molecule is Cc1cc(C)n(C[C@@H](C)CNC(=O)c2ccc[nH]c2=O)n1. The van der Waals surface area contributed by atoms with Crippen LogP contribution in [0.15, 0.2) is 29.2 Å². The van der Waals surface area contributed by atoms with Crippen molar-refractivity contribution in [3.8, 4) is 0 Å². The first-order chi connectivity index (χ1) is 9.97. The molecule has 0 radical (unpaired) electrons. The van der Waals surface area contributed by atoms with E-state index in [1.54, 1.807) is 6.07 Å². The number of hydrogen-bond donors (Lipinski definition) is 2. The zero-order chi connectivity index (χ0) is 15.4. The standard InChI is InChI=1S/C15H20N4O2/c1-10(9-19-12(3)7-11(2)18-19)8-17-15(21)13-5-4-6-16-14(13)20/h4-7,10H,8-9H2,1-3H3,(H,16,20)(H,17,21)/t10-/m0/s1. The van der Waals surface area contributed by atoms with E-state index in [4.69, 9.17) is 0 Å². The summed E-state index contributed by atoms with van der Waals surface area (Å²) in [5, 5.41) is 7.18. The fourth-order valence-corrected chi connectivity index (χ4v) is 2.18. The lowest BCUT2D eigenvalue weighted by Gasteiger charge is -2.13. The minimum absolute atomic E-state index is 0.135. The third-order valence-electron chi connectivity index (χ3n) is 3.26. The minimum Gasteiger partial charge on any atom is -0.352 e. The normalized spacial score (nSPS) is 12.1. The van der Waals surface area contributed by atoms with E-state index in [0.29, 0.717) is 6.54 Å². The van der Waals surface area contributed by atoms with Crippen LogP contribution in [-0.4, -0.2) is 27.2 Å². The summed E-state index contributed by atoms with van der Waals surface area (Å²) in [7, 11) is 0. The molecule has 0 aliphatic rings. The Morgan fingerprint density at radius 1 is 1.48 bits per heavy atom. The molecule has 2 aromatic heterocycles. The molecule has 2 aromatic rings. The number of aromatic amines is 1. The van der Waals surface area contributed by atoms with Gasteiger partial charge in [-0.15, -0.1) is 0 Å². The highest BCUT2D eigenvalue weighted by atomic mass is 16.2. The molecule has 2 heterocycles. The number of nitrogens with one attached hydrogen (secondary N) is 2. The molecule has 6 heteroatoms. The topological polar surface area (TPSA) is 79.8 Å². The second-order valence-corrected chi connectivity index (χ2v) is 5.34. The highest BCUT2D eigenvalue weighted by Gasteiger charge is 2.12. The van der Waals surface area contributed by atoms with E-state index in [-0.39, 0.29) is 22.9 Å². The third-order valence-corrected chi connectivity index (χ3v) is 3.26. The van der Waals surface area contributed by atoms with E-state index in [1.807, 2.05) is 31.5 Å². The lowest BCUT2D eigenvalue weighted by atomic mass is 10.1. The molecular weight excluding hydrogens is 268 g/mol. The highest BCUT2D eigenvalue weighted by molar-refractivity contribution is 5.93. The van der Waals surface area contributed by atoms with E-state index < -0.39 is 0 Å². The van der Waals surface area contributed by atoms with Crippen molar-refractivity contribution in [1.29, 1.82) is 0 Å². The van der Waals surface area contributed by atoms with Crippen LogP contribution in [0.25, 0.3) is 0 Å². The summed E-state index contributed by atoms with van der Waals surface area (Å²) in [5.74, 6) is -0.133. The molecule has 0 saturated carbocycles. The van der Waals surface area contributed by atoms with Gasteiger partial charge in [0, 0.05) is 25.0 Å². The lowest BCUT2D eigenvalue weighted by molar-refractivity contribution is 0.0945. The van der Waals surface area contributed by atoms with Crippen LogP contribution in [0.4, 0.5) is 0 Å². The summed E-state index contributed by atoms with van der Waals surface area (Å²) in [4.78, 5) is 25.9. The Hall–Kier alpha value is -2.37. The molecule has 0 spiro atoms. The lowest BCUT2D eigenvalue weighted by Crippen LogP contribution is -2.33. The maximum atomic E-state index is 11.9. The van der Waals surface area contributed by atoms with E-state index in [1.165, 1.54) is 12.3 Å². The van der Waals surface area contributed by atoms with Crippen molar-refractivity contribution in [2.45, 2.75) is 27.3 Å². The highest BCUT2D eigenvalue weighted by Crippen LogP contribution is 2.06. The molecule has 0 unspecified atom stereocenters. The van der Waals surface area contributed by atoms with E-state index in [2.05, 4.69) is 15.4 Å². The average molecular weight is 288 g/mol. The number of H-pyrrole nitrogens is 1. The van der Waals surface area contributed by atoms with Gasteiger partial charge in [0.2, 0.25) is 0 Å². The van der Waals surface area contributed by atoms with Crippen LogP contribution in [0.1, 0.15) is 28.7 Å². The van der Waals surface area contributed by atoms with Gasteiger partial charge in [0.15, 0.2) is 0 Å². The quantitative estimate of drug-likeness (QED) is 0.869. The molecule has 0 aliphatic heterocycles. The molecule has 2 rings (SSSR count). The first-order valence-electron chi connectivity index (χ1n) is 6.94. The van der Waals surface area contributed by atoms with Gasteiger partial charge in [-0.3, -0.25) is 14.3 Å². The molecule has 0 aromatic carbocycles. The number of aromatic nitrogens is 3. The van der Waals surface area contributed by atoms with Gasteiger partial charge in [-0.1, -0.05) is 6.92 Å². The molecule has 1 amide bonds. The Morgan fingerprint density at radius 2 is 2.24 bits per heavy atom. The molecule has 21 heavy (non-hydrogen) atoms. The van der Waals surface area contributed by atoms with Crippen molar-refractivity contribution >= 4 is 5.91 Å². The van der Waals surface area contributed by atoms with Crippen LogP contribution < -0.4 is 10.9 Å². The number of nitrogens with zero attached hydrogens (tertiary/aromatic N) is 2. The number of carbonyl (C=O) groups excluding carboxylic acids is 1. The zero-order valence-electron chi connectivity index (χ0n) is 12.5. The van der Waals surface area contributed by atoms with Gasteiger partial charge in [-0.05, 0) is 38.0 Å². The second-order valence-electron chi connectivity index (χ2n) is 5.34. The first kappa shape index (κ1) is 15.0. The van der Waals surface area contributed by atoms with Crippen molar-refractivity contribution < 1.29 is 4.79 Å². The van der Waals surface area contributed by atoms with Gasteiger partial charge < -0.3 is 10.3 Å². The summed E-state index contributed by atoms with van der Waals surface area (Å²) in [5.41, 5.74) is 1.85. The summed E-state index contributed by atoms with van der Waals surface area (Å²) in [6.45, 7) is 7.22.